The second kappa shape index (κ2) is 8.81. The Morgan fingerprint density at radius 3 is 1.13 bits per heavy atom. The molecule has 0 saturated heterocycles. The summed E-state index contributed by atoms with van der Waals surface area (Å²) in [4.78, 5) is 0. The maximum absolute atomic E-state index is 2.52. The fraction of sp³-hybridized carbons (Fsp3) is 0. The van der Waals surface area contributed by atoms with Gasteiger partial charge in [-0.15, -0.1) is 0 Å². The van der Waals surface area contributed by atoms with E-state index in [9.17, 15) is 0 Å². The molecule has 0 heteroatoms. The summed E-state index contributed by atoms with van der Waals surface area (Å²) in [5.74, 6) is 0. The van der Waals surface area contributed by atoms with Crippen LogP contribution in [0.1, 0.15) is 0 Å². The molecule has 11 aromatic carbocycles. The Kier molecular flexibility index (Phi) is 4.66. The standard InChI is InChI=1S/C46H26/c1-3-13-27(14-4-1)41-32-19-9-10-20-33(32)42(28-15-5-2-6-16-28)46-40-26-38-34-22-11-21-31-29-17-7-8-18-30(29)39(43(31)34)25-37(38)35-23-12-24-36(44(35)40)45(41)46/h1-26H. The minimum atomic E-state index is 1.26. The van der Waals surface area contributed by atoms with Gasteiger partial charge in [0.2, 0.25) is 0 Å². The summed E-state index contributed by atoms with van der Waals surface area (Å²) in [6.07, 6.45) is 0. The summed E-state index contributed by atoms with van der Waals surface area (Å²) in [7, 11) is 0. The van der Waals surface area contributed by atoms with Crippen molar-refractivity contribution in [2.45, 2.75) is 0 Å². The lowest BCUT2D eigenvalue weighted by molar-refractivity contribution is 1.67. The molecular formula is C46H26. The zero-order valence-electron chi connectivity index (χ0n) is 25.0. The molecule has 0 aliphatic heterocycles. The molecule has 0 spiro atoms. The Labute approximate surface area is 265 Å². The molecule has 46 heavy (non-hydrogen) atoms. The van der Waals surface area contributed by atoms with Crippen LogP contribution in [0.4, 0.5) is 0 Å². The van der Waals surface area contributed by atoms with Crippen LogP contribution >= 0.6 is 0 Å². The average molecular weight is 579 g/mol. The predicted molar refractivity (Wildman–Crippen MR) is 200 cm³/mol. The molecule has 0 unspecified atom stereocenters. The minimum Gasteiger partial charge on any atom is -0.0622 e. The van der Waals surface area contributed by atoms with Crippen molar-refractivity contribution < 1.29 is 0 Å². The molecule has 0 aliphatic carbocycles. The van der Waals surface area contributed by atoms with Crippen LogP contribution in [0.2, 0.25) is 0 Å². The van der Waals surface area contributed by atoms with Crippen LogP contribution in [0.25, 0.3) is 108 Å². The fourth-order valence-electron chi connectivity index (χ4n) is 8.75. The SMILES string of the molecule is c1ccc(-c2c3ccccc3c(-c3ccccc3)c3c4cc5c(cc6c7ccccc7c7cccc5c76)c5cccc(c23)c54)cc1. The van der Waals surface area contributed by atoms with Gasteiger partial charge in [0, 0.05) is 0 Å². The molecule has 0 atom stereocenters. The first-order valence-corrected chi connectivity index (χ1v) is 16.1. The molecule has 0 amide bonds. The van der Waals surface area contributed by atoms with Gasteiger partial charge >= 0.3 is 0 Å². The molecule has 0 nitrogen and oxygen atoms in total. The van der Waals surface area contributed by atoms with Gasteiger partial charge in [-0.3, -0.25) is 0 Å². The first-order chi connectivity index (χ1) is 22.9. The van der Waals surface area contributed by atoms with E-state index in [1.54, 1.807) is 0 Å². The van der Waals surface area contributed by atoms with E-state index >= 15 is 0 Å². The molecule has 0 radical (unpaired) electrons. The maximum atomic E-state index is 2.52. The van der Waals surface area contributed by atoms with Gasteiger partial charge in [-0.05, 0) is 121 Å². The molecule has 0 bridgehead atoms. The fourth-order valence-corrected chi connectivity index (χ4v) is 8.75. The van der Waals surface area contributed by atoms with Crippen LogP contribution in [0.15, 0.2) is 158 Å². The molecule has 210 valence electrons. The van der Waals surface area contributed by atoms with Gasteiger partial charge in [0.05, 0.1) is 0 Å². The maximum Gasteiger partial charge on any atom is -0.000719 e. The Balaban J connectivity index is 1.46. The number of rotatable bonds is 2. The van der Waals surface area contributed by atoms with Crippen molar-refractivity contribution in [1.82, 2.24) is 0 Å². The van der Waals surface area contributed by atoms with Crippen molar-refractivity contribution in [1.29, 1.82) is 0 Å². The topological polar surface area (TPSA) is 0 Å². The quantitative estimate of drug-likeness (QED) is 0.179. The van der Waals surface area contributed by atoms with Crippen LogP contribution in [0.3, 0.4) is 0 Å². The van der Waals surface area contributed by atoms with Crippen molar-refractivity contribution >= 4 is 86.2 Å². The first-order valence-electron chi connectivity index (χ1n) is 16.1. The predicted octanol–water partition coefficient (Wildman–Crippen LogP) is 13.1. The smallest absolute Gasteiger partial charge is 0.000719 e. The number of fused-ring (bicyclic) bond motifs is 10. The lowest BCUT2D eigenvalue weighted by atomic mass is 9.86. The van der Waals surface area contributed by atoms with Crippen molar-refractivity contribution in [3.63, 3.8) is 0 Å². The highest BCUT2D eigenvalue weighted by molar-refractivity contribution is 6.44. The average Bonchev–Trinajstić information content (AvgIpc) is 3.62. The molecule has 0 aromatic heterocycles. The van der Waals surface area contributed by atoms with E-state index in [4.69, 9.17) is 0 Å². The summed E-state index contributed by atoms with van der Waals surface area (Å²) in [5.41, 5.74) is 5.15. The molecular weight excluding hydrogens is 553 g/mol. The van der Waals surface area contributed by atoms with Gasteiger partial charge in [-0.2, -0.15) is 0 Å². The Bertz CT molecular complexity index is 2990. The van der Waals surface area contributed by atoms with E-state index < -0.39 is 0 Å². The number of hydrogen-bond donors (Lipinski definition) is 0. The molecule has 11 rings (SSSR count). The van der Waals surface area contributed by atoms with Gasteiger partial charge in [-0.25, -0.2) is 0 Å². The third-order valence-electron chi connectivity index (χ3n) is 10.5. The molecule has 0 heterocycles. The van der Waals surface area contributed by atoms with Crippen molar-refractivity contribution in [3.8, 4) is 22.3 Å². The van der Waals surface area contributed by atoms with E-state index in [2.05, 4.69) is 158 Å². The van der Waals surface area contributed by atoms with Gasteiger partial charge in [-0.1, -0.05) is 146 Å². The third-order valence-corrected chi connectivity index (χ3v) is 10.5. The van der Waals surface area contributed by atoms with E-state index in [0.29, 0.717) is 0 Å². The van der Waals surface area contributed by atoms with Gasteiger partial charge < -0.3 is 0 Å². The lowest BCUT2D eigenvalue weighted by Crippen LogP contribution is -1.89. The normalized spacial score (nSPS) is 12.3. The number of benzene rings is 9. The highest BCUT2D eigenvalue weighted by atomic mass is 14.3. The van der Waals surface area contributed by atoms with Gasteiger partial charge in [0.1, 0.15) is 0 Å². The van der Waals surface area contributed by atoms with E-state index in [1.165, 1.54) is 108 Å². The molecule has 0 fully saturated rings. The molecule has 0 saturated carbocycles. The molecule has 0 aliphatic rings. The van der Waals surface area contributed by atoms with E-state index in [0.717, 1.165) is 0 Å². The monoisotopic (exact) mass is 578 g/mol. The van der Waals surface area contributed by atoms with Gasteiger partial charge in [0.25, 0.3) is 0 Å². The van der Waals surface area contributed by atoms with Crippen LogP contribution in [-0.2, 0) is 0 Å². The van der Waals surface area contributed by atoms with Crippen LogP contribution in [-0.4, -0.2) is 0 Å². The number of hydrogen-bond acceptors (Lipinski definition) is 0. The Morgan fingerprint density at radius 2 is 0.565 bits per heavy atom. The van der Waals surface area contributed by atoms with Crippen molar-refractivity contribution in [2.75, 3.05) is 0 Å². The lowest BCUT2D eigenvalue weighted by Gasteiger charge is -2.16. The highest BCUT2D eigenvalue weighted by Crippen LogP contribution is 2.53. The Morgan fingerprint density at radius 1 is 0.196 bits per heavy atom. The van der Waals surface area contributed by atoms with Gasteiger partial charge in [0.15, 0.2) is 0 Å². The second-order valence-electron chi connectivity index (χ2n) is 12.7. The summed E-state index contributed by atoms with van der Waals surface area (Å²) >= 11 is 0. The summed E-state index contributed by atoms with van der Waals surface area (Å²) < 4.78 is 0. The largest absolute Gasteiger partial charge is 0.0622 e. The summed E-state index contributed by atoms with van der Waals surface area (Å²) in [6.45, 7) is 0. The Hall–Kier alpha value is -5.98. The minimum absolute atomic E-state index is 1.26. The summed E-state index contributed by atoms with van der Waals surface area (Å²) in [6, 6.07) is 58.8. The third kappa shape index (κ3) is 2.99. The van der Waals surface area contributed by atoms with Crippen LogP contribution < -0.4 is 0 Å². The second-order valence-corrected chi connectivity index (χ2v) is 12.7. The highest BCUT2D eigenvalue weighted by Gasteiger charge is 2.25. The molecule has 11 aromatic rings. The van der Waals surface area contributed by atoms with Crippen LogP contribution in [0, 0.1) is 0 Å². The molecule has 0 N–H and O–H groups in total. The summed E-state index contributed by atoms with van der Waals surface area (Å²) in [5, 5.41) is 21.4. The zero-order valence-corrected chi connectivity index (χ0v) is 25.0. The van der Waals surface area contributed by atoms with Crippen molar-refractivity contribution in [2.24, 2.45) is 0 Å². The van der Waals surface area contributed by atoms with E-state index in [1.807, 2.05) is 0 Å². The van der Waals surface area contributed by atoms with Crippen LogP contribution in [0.5, 0.6) is 0 Å². The first kappa shape index (κ1) is 24.4. The zero-order chi connectivity index (χ0) is 29.9. The van der Waals surface area contributed by atoms with E-state index in [-0.39, 0.29) is 0 Å². The van der Waals surface area contributed by atoms with Crippen molar-refractivity contribution in [3.05, 3.63) is 158 Å².